The predicted molar refractivity (Wildman–Crippen MR) is 100 cm³/mol. The first kappa shape index (κ1) is 19.8. The number of amides is 1. The molecule has 1 aromatic heterocycles. The maximum absolute atomic E-state index is 12.5. The van der Waals surface area contributed by atoms with Crippen LogP contribution in [-0.2, 0) is 6.54 Å². The van der Waals surface area contributed by atoms with Crippen molar-refractivity contribution >= 4 is 17.5 Å². The van der Waals surface area contributed by atoms with Gasteiger partial charge >= 0.3 is 0 Å². The molecular weight excluding hydrogens is 356 g/mol. The molecule has 0 spiro atoms. The Morgan fingerprint density at radius 1 is 1.27 bits per heavy atom. The number of pyridine rings is 1. The lowest BCUT2D eigenvalue weighted by molar-refractivity contribution is 0.0950. The first-order valence-corrected chi connectivity index (χ1v) is 8.83. The lowest BCUT2D eigenvalue weighted by Crippen LogP contribution is -2.23. The van der Waals surface area contributed by atoms with E-state index >= 15 is 0 Å². The molecule has 6 nitrogen and oxygen atoms in total. The van der Waals surface area contributed by atoms with Crippen LogP contribution in [0.15, 0.2) is 30.5 Å². The molecule has 140 valence electrons. The van der Waals surface area contributed by atoms with Crippen molar-refractivity contribution in [3.05, 3.63) is 46.6 Å². The zero-order valence-corrected chi connectivity index (χ0v) is 15.9. The topological polar surface area (TPSA) is 69.7 Å². The molecule has 1 amide bonds. The zero-order chi connectivity index (χ0) is 18.9. The van der Waals surface area contributed by atoms with Crippen molar-refractivity contribution in [3.8, 4) is 17.4 Å². The Morgan fingerprint density at radius 3 is 2.77 bits per heavy atom. The molecule has 0 atom stereocenters. The van der Waals surface area contributed by atoms with Gasteiger partial charge in [-0.05, 0) is 31.5 Å². The number of benzene rings is 1. The van der Waals surface area contributed by atoms with E-state index in [1.165, 1.54) is 7.11 Å². The van der Waals surface area contributed by atoms with Gasteiger partial charge in [0.15, 0.2) is 11.5 Å². The summed E-state index contributed by atoms with van der Waals surface area (Å²) in [6.07, 6.45) is 2.49. The maximum atomic E-state index is 12.5. The highest BCUT2D eigenvalue weighted by Gasteiger charge is 2.16. The number of carbonyl (C=O) groups excluding carboxylic acids is 1. The van der Waals surface area contributed by atoms with E-state index in [-0.39, 0.29) is 12.5 Å². The minimum absolute atomic E-state index is 0.279. The highest BCUT2D eigenvalue weighted by Crippen LogP contribution is 2.36. The average Bonchev–Trinajstić information content (AvgIpc) is 2.65. The Balaban J connectivity index is 2.13. The van der Waals surface area contributed by atoms with Crippen LogP contribution in [0.1, 0.15) is 36.2 Å². The summed E-state index contributed by atoms with van der Waals surface area (Å²) in [7, 11) is 1.51. The third-order valence-electron chi connectivity index (χ3n) is 3.51. The summed E-state index contributed by atoms with van der Waals surface area (Å²) in [5.41, 5.74) is 1.18. The molecule has 0 saturated carbocycles. The highest BCUT2D eigenvalue weighted by atomic mass is 35.5. The van der Waals surface area contributed by atoms with Crippen LogP contribution in [0.4, 0.5) is 0 Å². The van der Waals surface area contributed by atoms with Crippen LogP contribution in [0.3, 0.4) is 0 Å². The van der Waals surface area contributed by atoms with E-state index in [1.54, 1.807) is 24.4 Å². The van der Waals surface area contributed by atoms with Gasteiger partial charge in [0, 0.05) is 23.9 Å². The molecule has 0 aliphatic carbocycles. The molecule has 0 aliphatic rings. The van der Waals surface area contributed by atoms with Crippen LogP contribution < -0.4 is 19.5 Å². The van der Waals surface area contributed by atoms with Gasteiger partial charge in [-0.25, -0.2) is 4.98 Å². The van der Waals surface area contributed by atoms with Crippen LogP contribution in [0.25, 0.3) is 0 Å². The maximum Gasteiger partial charge on any atom is 0.251 e. The second-order valence-electron chi connectivity index (χ2n) is 5.42. The molecule has 1 aromatic carbocycles. The summed E-state index contributed by atoms with van der Waals surface area (Å²) in [5.74, 6) is 1.10. The standard InChI is InChI=1S/C19H23ClN2O4/c1-4-9-26-17-15(20)10-14(11-16(17)24-3)18(23)22-12-13-7-6-8-21-19(13)25-5-2/h6-8,10-11H,4-5,9,12H2,1-3H3,(H,22,23). The molecule has 0 radical (unpaired) electrons. The molecule has 2 aromatic rings. The Morgan fingerprint density at radius 2 is 2.08 bits per heavy atom. The quantitative estimate of drug-likeness (QED) is 0.717. The van der Waals surface area contributed by atoms with E-state index < -0.39 is 0 Å². The third kappa shape index (κ3) is 5.02. The van der Waals surface area contributed by atoms with Crippen LogP contribution in [-0.4, -0.2) is 31.2 Å². The second-order valence-corrected chi connectivity index (χ2v) is 5.83. The summed E-state index contributed by atoms with van der Waals surface area (Å²) in [4.78, 5) is 16.7. The normalized spacial score (nSPS) is 10.3. The van der Waals surface area contributed by atoms with Gasteiger partial charge in [-0.2, -0.15) is 0 Å². The number of halogens is 1. The van der Waals surface area contributed by atoms with E-state index in [4.69, 9.17) is 25.8 Å². The van der Waals surface area contributed by atoms with Gasteiger partial charge in [-0.1, -0.05) is 24.6 Å². The van der Waals surface area contributed by atoms with Crippen molar-refractivity contribution in [2.45, 2.75) is 26.8 Å². The fourth-order valence-corrected chi connectivity index (χ4v) is 2.56. The third-order valence-corrected chi connectivity index (χ3v) is 3.79. The van der Waals surface area contributed by atoms with Crippen LogP contribution in [0.2, 0.25) is 5.02 Å². The lowest BCUT2D eigenvalue weighted by atomic mass is 10.1. The van der Waals surface area contributed by atoms with Gasteiger partial charge < -0.3 is 19.5 Å². The molecule has 0 bridgehead atoms. The van der Waals surface area contributed by atoms with Crippen molar-refractivity contribution in [2.75, 3.05) is 20.3 Å². The highest BCUT2D eigenvalue weighted by molar-refractivity contribution is 6.32. The molecular formula is C19H23ClN2O4. The monoisotopic (exact) mass is 378 g/mol. The van der Waals surface area contributed by atoms with Gasteiger partial charge in [0.25, 0.3) is 5.91 Å². The number of nitrogens with one attached hydrogen (secondary N) is 1. The minimum atomic E-state index is -0.279. The predicted octanol–water partition coefficient (Wildman–Crippen LogP) is 3.86. The molecule has 26 heavy (non-hydrogen) atoms. The molecule has 7 heteroatoms. The second kappa shape index (κ2) is 9.87. The Hall–Kier alpha value is -2.47. The van der Waals surface area contributed by atoms with E-state index in [9.17, 15) is 4.79 Å². The van der Waals surface area contributed by atoms with Gasteiger partial charge in [0.05, 0.1) is 25.3 Å². The molecule has 1 N–H and O–H groups in total. The van der Waals surface area contributed by atoms with E-state index in [1.807, 2.05) is 19.9 Å². The first-order chi connectivity index (χ1) is 12.6. The largest absolute Gasteiger partial charge is 0.493 e. The average molecular weight is 379 g/mol. The van der Waals surface area contributed by atoms with Crippen molar-refractivity contribution in [1.82, 2.24) is 10.3 Å². The minimum Gasteiger partial charge on any atom is -0.493 e. The summed E-state index contributed by atoms with van der Waals surface area (Å²) >= 11 is 6.26. The summed E-state index contributed by atoms with van der Waals surface area (Å²) in [6, 6.07) is 6.83. The molecule has 1 heterocycles. The van der Waals surface area contributed by atoms with Crippen molar-refractivity contribution in [1.29, 1.82) is 0 Å². The van der Waals surface area contributed by atoms with Gasteiger partial charge in [0.1, 0.15) is 0 Å². The van der Waals surface area contributed by atoms with E-state index in [0.29, 0.717) is 41.2 Å². The number of aromatic nitrogens is 1. The zero-order valence-electron chi connectivity index (χ0n) is 15.2. The molecule has 0 saturated heterocycles. The fourth-order valence-electron chi connectivity index (χ4n) is 2.30. The Bertz CT molecular complexity index is 752. The summed E-state index contributed by atoms with van der Waals surface area (Å²) in [6.45, 7) is 5.19. The first-order valence-electron chi connectivity index (χ1n) is 8.45. The Labute approximate surface area is 158 Å². The number of carbonyl (C=O) groups is 1. The number of ether oxygens (including phenoxy) is 3. The lowest BCUT2D eigenvalue weighted by Gasteiger charge is -2.14. The van der Waals surface area contributed by atoms with Crippen LogP contribution in [0.5, 0.6) is 17.4 Å². The smallest absolute Gasteiger partial charge is 0.251 e. The number of hydrogen-bond donors (Lipinski definition) is 1. The molecule has 0 unspecified atom stereocenters. The van der Waals surface area contributed by atoms with Gasteiger partial charge in [-0.3, -0.25) is 4.79 Å². The number of nitrogens with zero attached hydrogens (tertiary/aromatic N) is 1. The molecule has 0 fully saturated rings. The number of hydrogen-bond acceptors (Lipinski definition) is 5. The van der Waals surface area contributed by atoms with E-state index in [0.717, 1.165) is 12.0 Å². The summed E-state index contributed by atoms with van der Waals surface area (Å²) < 4.78 is 16.4. The van der Waals surface area contributed by atoms with Gasteiger partial charge in [0.2, 0.25) is 5.88 Å². The van der Waals surface area contributed by atoms with Crippen LogP contribution in [0, 0.1) is 0 Å². The summed E-state index contributed by atoms with van der Waals surface area (Å²) in [5, 5.41) is 3.17. The van der Waals surface area contributed by atoms with Crippen molar-refractivity contribution in [3.63, 3.8) is 0 Å². The number of rotatable bonds is 9. The van der Waals surface area contributed by atoms with Gasteiger partial charge in [-0.15, -0.1) is 0 Å². The number of methoxy groups -OCH3 is 1. The van der Waals surface area contributed by atoms with Crippen molar-refractivity contribution in [2.24, 2.45) is 0 Å². The SMILES string of the molecule is CCCOc1c(Cl)cc(C(=O)NCc2cccnc2OCC)cc1OC. The Kier molecular flexibility index (Phi) is 7.53. The van der Waals surface area contributed by atoms with Crippen molar-refractivity contribution < 1.29 is 19.0 Å². The van der Waals surface area contributed by atoms with Crippen LogP contribution >= 0.6 is 11.6 Å². The fraction of sp³-hybridized carbons (Fsp3) is 0.368. The molecule has 0 aliphatic heterocycles. The van der Waals surface area contributed by atoms with E-state index in [2.05, 4.69) is 10.3 Å². The molecule has 2 rings (SSSR count).